The maximum Gasteiger partial charge on any atom is 0.0670 e. The van der Waals surface area contributed by atoms with Gasteiger partial charge >= 0.3 is 0 Å². The molecule has 2 unspecified atom stereocenters. The first-order valence-electron chi connectivity index (χ1n) is 6.64. The molecule has 0 amide bonds. The van der Waals surface area contributed by atoms with Crippen LogP contribution in [-0.4, -0.2) is 49.8 Å². The van der Waals surface area contributed by atoms with Crippen LogP contribution in [0.3, 0.4) is 0 Å². The number of nitrogens with one attached hydrogen (secondary N) is 1. The molecule has 1 saturated heterocycles. The van der Waals surface area contributed by atoms with E-state index in [-0.39, 0.29) is 0 Å². The maximum absolute atomic E-state index is 5.38. The Balaban J connectivity index is 1.92. The first kappa shape index (κ1) is 12.3. The number of hydrogen-bond acceptors (Lipinski definition) is 3. The van der Waals surface area contributed by atoms with E-state index in [2.05, 4.69) is 24.1 Å². The van der Waals surface area contributed by atoms with E-state index in [1.807, 2.05) is 0 Å². The van der Waals surface area contributed by atoms with Crippen LogP contribution in [0.4, 0.5) is 0 Å². The van der Waals surface area contributed by atoms with E-state index in [1.54, 1.807) is 7.11 Å². The molecule has 0 bridgehead atoms. The van der Waals surface area contributed by atoms with Crippen molar-refractivity contribution in [2.45, 2.75) is 44.8 Å². The van der Waals surface area contributed by atoms with Crippen molar-refractivity contribution in [2.75, 3.05) is 33.3 Å². The summed E-state index contributed by atoms with van der Waals surface area (Å²) in [6.45, 7) is 9.20. The molecule has 1 aliphatic heterocycles. The SMILES string of the molecule is COC(C)CN1CCCNC(C)(C2CC2)C1. The predicted molar refractivity (Wildman–Crippen MR) is 66.7 cm³/mol. The van der Waals surface area contributed by atoms with E-state index in [0.29, 0.717) is 11.6 Å². The third-order valence-corrected chi connectivity index (χ3v) is 4.13. The molecule has 94 valence electrons. The van der Waals surface area contributed by atoms with E-state index in [9.17, 15) is 0 Å². The third-order valence-electron chi connectivity index (χ3n) is 4.13. The summed E-state index contributed by atoms with van der Waals surface area (Å²) in [6.07, 6.45) is 4.44. The van der Waals surface area contributed by atoms with Gasteiger partial charge in [0.05, 0.1) is 6.10 Å². The Hall–Kier alpha value is -0.120. The molecule has 0 aromatic rings. The van der Waals surface area contributed by atoms with E-state index in [1.165, 1.54) is 38.9 Å². The quantitative estimate of drug-likeness (QED) is 0.786. The monoisotopic (exact) mass is 226 g/mol. The lowest BCUT2D eigenvalue weighted by atomic mass is 9.95. The minimum absolute atomic E-state index is 0.349. The summed E-state index contributed by atoms with van der Waals surface area (Å²) in [5, 5.41) is 3.76. The van der Waals surface area contributed by atoms with E-state index < -0.39 is 0 Å². The number of hydrogen-bond donors (Lipinski definition) is 1. The normalized spacial score (nSPS) is 34.7. The average Bonchev–Trinajstić information content (AvgIpc) is 3.05. The summed E-state index contributed by atoms with van der Waals surface area (Å²) in [4.78, 5) is 2.58. The molecule has 1 N–H and O–H groups in total. The fourth-order valence-corrected chi connectivity index (χ4v) is 2.86. The van der Waals surface area contributed by atoms with Crippen molar-refractivity contribution < 1.29 is 4.74 Å². The van der Waals surface area contributed by atoms with Gasteiger partial charge in [-0.3, -0.25) is 4.90 Å². The van der Waals surface area contributed by atoms with Gasteiger partial charge in [-0.05, 0) is 52.1 Å². The number of methoxy groups -OCH3 is 1. The van der Waals surface area contributed by atoms with Gasteiger partial charge in [-0.2, -0.15) is 0 Å². The lowest BCUT2D eigenvalue weighted by molar-refractivity contribution is 0.0689. The molecule has 2 atom stereocenters. The van der Waals surface area contributed by atoms with E-state index >= 15 is 0 Å². The fourth-order valence-electron chi connectivity index (χ4n) is 2.86. The lowest BCUT2D eigenvalue weighted by Gasteiger charge is -2.34. The van der Waals surface area contributed by atoms with Crippen molar-refractivity contribution >= 4 is 0 Å². The number of ether oxygens (including phenoxy) is 1. The van der Waals surface area contributed by atoms with Crippen LogP contribution in [0.5, 0.6) is 0 Å². The van der Waals surface area contributed by atoms with Crippen molar-refractivity contribution in [1.29, 1.82) is 0 Å². The zero-order valence-electron chi connectivity index (χ0n) is 11.0. The molecule has 16 heavy (non-hydrogen) atoms. The highest BCUT2D eigenvalue weighted by Crippen LogP contribution is 2.40. The number of nitrogens with zero attached hydrogens (tertiary/aromatic N) is 1. The Morgan fingerprint density at radius 3 is 2.88 bits per heavy atom. The second-order valence-electron chi connectivity index (χ2n) is 5.75. The van der Waals surface area contributed by atoms with Crippen LogP contribution in [0.25, 0.3) is 0 Å². The average molecular weight is 226 g/mol. The Labute approximate surface area is 99.5 Å². The fraction of sp³-hybridized carbons (Fsp3) is 1.00. The summed E-state index contributed by atoms with van der Waals surface area (Å²) in [5.74, 6) is 0.908. The predicted octanol–water partition coefficient (Wildman–Crippen LogP) is 1.49. The molecule has 2 aliphatic rings. The zero-order chi connectivity index (χ0) is 11.6. The summed E-state index contributed by atoms with van der Waals surface area (Å²) in [7, 11) is 1.81. The van der Waals surface area contributed by atoms with Gasteiger partial charge in [-0.15, -0.1) is 0 Å². The highest BCUT2D eigenvalue weighted by Gasteiger charge is 2.42. The first-order chi connectivity index (χ1) is 7.64. The molecule has 0 spiro atoms. The smallest absolute Gasteiger partial charge is 0.0670 e. The largest absolute Gasteiger partial charge is 0.380 e. The molecule has 2 rings (SSSR count). The minimum atomic E-state index is 0.349. The molecule has 2 fully saturated rings. The van der Waals surface area contributed by atoms with Gasteiger partial charge in [-0.1, -0.05) is 0 Å². The van der Waals surface area contributed by atoms with Crippen LogP contribution in [0.15, 0.2) is 0 Å². The maximum atomic E-state index is 5.38. The Kier molecular flexibility index (Phi) is 3.88. The van der Waals surface area contributed by atoms with Crippen molar-refractivity contribution in [3.63, 3.8) is 0 Å². The molecule has 1 saturated carbocycles. The third kappa shape index (κ3) is 2.96. The van der Waals surface area contributed by atoms with Gasteiger partial charge in [-0.25, -0.2) is 0 Å². The molecule has 0 radical (unpaired) electrons. The van der Waals surface area contributed by atoms with Gasteiger partial charge in [0.2, 0.25) is 0 Å². The molecule has 3 heteroatoms. The summed E-state index contributed by atoms with van der Waals surface area (Å²) in [6, 6.07) is 0. The van der Waals surface area contributed by atoms with Gasteiger partial charge in [0, 0.05) is 25.7 Å². The van der Waals surface area contributed by atoms with Crippen molar-refractivity contribution in [1.82, 2.24) is 10.2 Å². The molecule has 0 aromatic carbocycles. The van der Waals surface area contributed by atoms with Crippen LogP contribution in [0.2, 0.25) is 0 Å². The van der Waals surface area contributed by atoms with Crippen LogP contribution < -0.4 is 5.32 Å². The molecular formula is C13H26N2O. The van der Waals surface area contributed by atoms with Crippen molar-refractivity contribution in [3.05, 3.63) is 0 Å². The molecule has 0 aromatic heterocycles. The Bertz CT molecular complexity index is 230. The van der Waals surface area contributed by atoms with Crippen LogP contribution in [0, 0.1) is 5.92 Å². The van der Waals surface area contributed by atoms with Crippen LogP contribution >= 0.6 is 0 Å². The molecule has 1 heterocycles. The van der Waals surface area contributed by atoms with E-state index in [4.69, 9.17) is 4.74 Å². The summed E-state index contributed by atoms with van der Waals surface area (Å²) in [5.41, 5.74) is 0.351. The van der Waals surface area contributed by atoms with Gasteiger partial charge in [0.25, 0.3) is 0 Å². The molecular weight excluding hydrogens is 200 g/mol. The second-order valence-corrected chi connectivity index (χ2v) is 5.75. The van der Waals surface area contributed by atoms with Crippen LogP contribution in [0.1, 0.15) is 33.1 Å². The summed E-state index contributed by atoms with van der Waals surface area (Å²) < 4.78 is 5.38. The minimum Gasteiger partial charge on any atom is -0.380 e. The Morgan fingerprint density at radius 2 is 2.25 bits per heavy atom. The van der Waals surface area contributed by atoms with Gasteiger partial charge in [0.15, 0.2) is 0 Å². The zero-order valence-corrected chi connectivity index (χ0v) is 11.0. The topological polar surface area (TPSA) is 24.5 Å². The molecule has 1 aliphatic carbocycles. The lowest BCUT2D eigenvalue weighted by Crippen LogP contribution is -2.51. The van der Waals surface area contributed by atoms with Crippen molar-refractivity contribution in [3.8, 4) is 0 Å². The first-order valence-corrected chi connectivity index (χ1v) is 6.64. The standard InChI is InChI=1S/C13H26N2O/c1-11(16-3)9-15-8-4-7-14-13(2,10-15)12-5-6-12/h11-12,14H,4-10H2,1-3H3. The van der Waals surface area contributed by atoms with Gasteiger partial charge in [0.1, 0.15) is 0 Å². The van der Waals surface area contributed by atoms with Crippen LogP contribution in [-0.2, 0) is 4.74 Å². The highest BCUT2D eigenvalue weighted by atomic mass is 16.5. The van der Waals surface area contributed by atoms with Gasteiger partial charge < -0.3 is 10.1 Å². The second kappa shape index (κ2) is 5.03. The highest BCUT2D eigenvalue weighted by molar-refractivity contribution is 5.01. The Morgan fingerprint density at radius 1 is 1.50 bits per heavy atom. The number of rotatable bonds is 4. The summed E-state index contributed by atoms with van der Waals surface area (Å²) >= 11 is 0. The van der Waals surface area contributed by atoms with Crippen molar-refractivity contribution in [2.24, 2.45) is 5.92 Å². The van der Waals surface area contributed by atoms with E-state index in [0.717, 1.165) is 12.5 Å². The molecule has 3 nitrogen and oxygen atoms in total.